The van der Waals surface area contributed by atoms with E-state index in [-0.39, 0.29) is 0 Å². The summed E-state index contributed by atoms with van der Waals surface area (Å²) >= 11 is 3.62. The minimum atomic E-state index is 1.08. The predicted octanol–water partition coefficient (Wildman–Crippen LogP) is 4.68. The molecule has 0 aliphatic carbocycles. The van der Waals surface area contributed by atoms with E-state index in [9.17, 15) is 0 Å². The number of hydrogen-bond acceptors (Lipinski definition) is 0. The lowest BCUT2D eigenvalue weighted by molar-refractivity contribution is 1.14. The molecule has 15 heavy (non-hydrogen) atoms. The van der Waals surface area contributed by atoms with E-state index in [2.05, 4.69) is 65.3 Å². The molecule has 0 heterocycles. The summed E-state index contributed by atoms with van der Waals surface area (Å²) in [6.07, 6.45) is 1.08. The lowest BCUT2D eigenvalue weighted by Crippen LogP contribution is -1.83. The summed E-state index contributed by atoms with van der Waals surface area (Å²) in [7, 11) is 0. The van der Waals surface area contributed by atoms with Gasteiger partial charge in [-0.3, -0.25) is 0 Å². The number of rotatable bonds is 2. The fourth-order valence-corrected chi connectivity index (χ4v) is 2.29. The van der Waals surface area contributed by atoms with E-state index in [0.29, 0.717) is 0 Å². The number of halogens is 1. The van der Waals surface area contributed by atoms with E-state index in [1.54, 1.807) is 0 Å². The van der Waals surface area contributed by atoms with Gasteiger partial charge in [0.15, 0.2) is 0 Å². The van der Waals surface area contributed by atoms with Crippen LogP contribution in [0.2, 0.25) is 0 Å². The Labute approximate surface area is 99.1 Å². The average Bonchev–Trinajstić information content (AvgIpc) is 2.30. The van der Waals surface area contributed by atoms with Crippen molar-refractivity contribution in [2.75, 3.05) is 0 Å². The van der Waals surface area contributed by atoms with Crippen molar-refractivity contribution in [3.05, 3.63) is 58.6 Å². The first kappa shape index (κ1) is 10.4. The molecule has 0 saturated carbocycles. The molecule has 1 heteroatoms. The van der Waals surface area contributed by atoms with Crippen molar-refractivity contribution >= 4 is 15.9 Å². The molecule has 76 valence electrons. The van der Waals surface area contributed by atoms with E-state index < -0.39 is 0 Å². The van der Waals surface area contributed by atoms with Gasteiger partial charge < -0.3 is 0 Å². The Morgan fingerprint density at radius 2 is 1.73 bits per heavy atom. The highest BCUT2D eigenvalue weighted by molar-refractivity contribution is 9.10. The fourth-order valence-electron chi connectivity index (χ4n) is 1.63. The summed E-state index contributed by atoms with van der Waals surface area (Å²) in [5, 5.41) is 0. The Bertz CT molecular complexity index is 446. The van der Waals surface area contributed by atoms with Crippen molar-refractivity contribution in [2.45, 2.75) is 13.3 Å². The Kier molecular flexibility index (Phi) is 3.22. The van der Waals surface area contributed by atoms with Gasteiger partial charge in [0, 0.05) is 4.47 Å². The van der Waals surface area contributed by atoms with Crippen LogP contribution in [0.25, 0.3) is 11.1 Å². The lowest BCUT2D eigenvalue weighted by atomic mass is 10.0. The van der Waals surface area contributed by atoms with Gasteiger partial charge in [-0.05, 0) is 29.2 Å². The second kappa shape index (κ2) is 4.63. The molecule has 0 nitrogen and oxygen atoms in total. The third-order valence-corrected chi connectivity index (χ3v) is 3.18. The summed E-state index contributed by atoms with van der Waals surface area (Å²) in [5.41, 5.74) is 3.88. The molecule has 0 bridgehead atoms. The average molecular weight is 261 g/mol. The molecule has 0 aliphatic rings. The molecule has 0 spiro atoms. The maximum absolute atomic E-state index is 3.62. The summed E-state index contributed by atoms with van der Waals surface area (Å²) < 4.78 is 1.17. The number of hydrogen-bond donors (Lipinski definition) is 0. The van der Waals surface area contributed by atoms with Gasteiger partial charge in [-0.2, -0.15) is 0 Å². The van der Waals surface area contributed by atoms with Gasteiger partial charge in [-0.15, -0.1) is 0 Å². The second-order valence-corrected chi connectivity index (χ2v) is 4.39. The van der Waals surface area contributed by atoms with Crippen LogP contribution in [0, 0.1) is 0 Å². The topological polar surface area (TPSA) is 0 Å². The van der Waals surface area contributed by atoms with Crippen LogP contribution in [0.5, 0.6) is 0 Å². The quantitative estimate of drug-likeness (QED) is 0.736. The first-order valence-corrected chi connectivity index (χ1v) is 5.94. The van der Waals surface area contributed by atoms with Gasteiger partial charge >= 0.3 is 0 Å². The van der Waals surface area contributed by atoms with Crippen LogP contribution in [-0.2, 0) is 6.42 Å². The van der Waals surface area contributed by atoms with Crippen LogP contribution < -0.4 is 0 Å². The van der Waals surface area contributed by atoms with Crippen molar-refractivity contribution in [1.29, 1.82) is 0 Å². The normalized spacial score (nSPS) is 10.3. The second-order valence-electron chi connectivity index (χ2n) is 3.53. The zero-order chi connectivity index (χ0) is 10.7. The number of aryl methyl sites for hydroxylation is 1. The maximum Gasteiger partial charge on any atom is 0.0256 e. The highest BCUT2D eigenvalue weighted by atomic mass is 79.9. The first-order valence-electron chi connectivity index (χ1n) is 5.15. The third kappa shape index (κ3) is 2.29. The molecule has 0 N–H and O–H groups in total. The van der Waals surface area contributed by atoms with E-state index in [0.717, 1.165) is 6.42 Å². The fraction of sp³-hybridized carbons (Fsp3) is 0.143. The summed E-state index contributed by atoms with van der Waals surface area (Å²) in [6.45, 7) is 2.17. The molecular weight excluding hydrogens is 248 g/mol. The van der Waals surface area contributed by atoms with Crippen LogP contribution in [0.1, 0.15) is 12.5 Å². The molecule has 0 unspecified atom stereocenters. The van der Waals surface area contributed by atoms with Crippen LogP contribution in [0.4, 0.5) is 0 Å². The van der Waals surface area contributed by atoms with Crippen LogP contribution in [-0.4, -0.2) is 0 Å². The van der Waals surface area contributed by atoms with Gasteiger partial charge in [0.25, 0.3) is 0 Å². The molecule has 0 aromatic heterocycles. The monoisotopic (exact) mass is 260 g/mol. The van der Waals surface area contributed by atoms with Crippen molar-refractivity contribution in [3.63, 3.8) is 0 Å². The summed E-state index contributed by atoms with van der Waals surface area (Å²) in [5.74, 6) is 0. The van der Waals surface area contributed by atoms with Crippen molar-refractivity contribution in [3.8, 4) is 11.1 Å². The predicted molar refractivity (Wildman–Crippen MR) is 69.0 cm³/mol. The zero-order valence-electron chi connectivity index (χ0n) is 8.70. The number of benzene rings is 2. The van der Waals surface area contributed by atoms with Crippen LogP contribution in [0.3, 0.4) is 0 Å². The summed E-state index contributed by atoms with van der Waals surface area (Å²) in [4.78, 5) is 0. The van der Waals surface area contributed by atoms with E-state index in [1.807, 2.05) is 6.07 Å². The molecule has 0 atom stereocenters. The molecule has 0 amide bonds. The maximum atomic E-state index is 3.62. The highest BCUT2D eigenvalue weighted by Gasteiger charge is 2.02. The Morgan fingerprint density at radius 1 is 1.00 bits per heavy atom. The van der Waals surface area contributed by atoms with E-state index in [4.69, 9.17) is 0 Å². The summed E-state index contributed by atoms with van der Waals surface area (Å²) in [6, 6.07) is 17.0. The Morgan fingerprint density at radius 3 is 2.33 bits per heavy atom. The largest absolute Gasteiger partial charge is 0.0622 e. The van der Waals surface area contributed by atoms with E-state index in [1.165, 1.54) is 21.2 Å². The molecule has 0 radical (unpaired) electrons. The van der Waals surface area contributed by atoms with Gasteiger partial charge in [-0.25, -0.2) is 0 Å². The zero-order valence-corrected chi connectivity index (χ0v) is 10.3. The SMILES string of the molecule is CCc1ccc(-c2ccccc2)c(Br)c1. The standard InChI is InChI=1S/C14H13Br/c1-2-11-8-9-13(14(15)10-11)12-6-4-3-5-7-12/h3-10H,2H2,1H3. The minimum Gasteiger partial charge on any atom is -0.0622 e. The third-order valence-electron chi connectivity index (χ3n) is 2.53. The Balaban J connectivity index is 2.46. The van der Waals surface area contributed by atoms with Crippen molar-refractivity contribution in [2.24, 2.45) is 0 Å². The van der Waals surface area contributed by atoms with Crippen LogP contribution in [0.15, 0.2) is 53.0 Å². The van der Waals surface area contributed by atoms with Crippen molar-refractivity contribution in [1.82, 2.24) is 0 Å². The molecule has 0 aliphatic heterocycles. The highest BCUT2D eigenvalue weighted by Crippen LogP contribution is 2.28. The molecule has 2 aromatic carbocycles. The smallest absolute Gasteiger partial charge is 0.0256 e. The van der Waals surface area contributed by atoms with Gasteiger partial charge in [0.05, 0.1) is 0 Å². The lowest BCUT2D eigenvalue weighted by Gasteiger charge is -2.06. The molecule has 0 fully saturated rings. The molecule has 2 aromatic rings. The Hall–Kier alpha value is -1.08. The van der Waals surface area contributed by atoms with Gasteiger partial charge in [-0.1, -0.05) is 65.3 Å². The van der Waals surface area contributed by atoms with Crippen molar-refractivity contribution < 1.29 is 0 Å². The van der Waals surface area contributed by atoms with Crippen LogP contribution >= 0.6 is 15.9 Å². The molecular formula is C14H13Br. The first-order chi connectivity index (χ1) is 7.31. The molecule has 0 saturated heterocycles. The van der Waals surface area contributed by atoms with Gasteiger partial charge in [0.1, 0.15) is 0 Å². The van der Waals surface area contributed by atoms with Gasteiger partial charge in [0.2, 0.25) is 0 Å². The van der Waals surface area contributed by atoms with E-state index >= 15 is 0 Å². The minimum absolute atomic E-state index is 1.08. The molecule has 2 rings (SSSR count).